The van der Waals surface area contributed by atoms with Crippen LogP contribution in [0.25, 0.3) is 0 Å². The minimum atomic E-state index is -3.63. The van der Waals surface area contributed by atoms with Crippen LogP contribution in [-0.2, 0) is 19.6 Å². The third-order valence-corrected chi connectivity index (χ3v) is 7.61. The molecule has 8 nitrogen and oxygen atoms in total. The van der Waals surface area contributed by atoms with Gasteiger partial charge in [-0.2, -0.15) is 4.31 Å². The second-order valence-electron chi connectivity index (χ2n) is 7.85. The maximum Gasteiger partial charge on any atom is 0.411 e. The van der Waals surface area contributed by atoms with E-state index in [0.717, 1.165) is 25.9 Å². The molecule has 2 amide bonds. The second kappa shape index (κ2) is 9.13. The predicted octanol–water partition coefficient (Wildman–Crippen LogP) is 2.52. The van der Waals surface area contributed by atoms with E-state index in [2.05, 4.69) is 17.0 Å². The van der Waals surface area contributed by atoms with Gasteiger partial charge in [0, 0.05) is 37.8 Å². The summed E-state index contributed by atoms with van der Waals surface area (Å²) in [6, 6.07) is 5.98. The molecule has 0 bridgehead atoms. The SMILES string of the molecule is COC(=O)Nc1ccc(S(=O)(=O)N2CCC(C(=O)N3CCC[C@H](C)C3)CC2)cc1. The Morgan fingerprint density at radius 1 is 1.07 bits per heavy atom. The van der Waals surface area contributed by atoms with E-state index in [1.54, 1.807) is 0 Å². The lowest BCUT2D eigenvalue weighted by Gasteiger charge is -2.36. The third kappa shape index (κ3) is 5.08. The minimum absolute atomic E-state index is 0.0987. The van der Waals surface area contributed by atoms with Crippen molar-refractivity contribution in [2.24, 2.45) is 11.8 Å². The van der Waals surface area contributed by atoms with Crippen molar-refractivity contribution in [1.29, 1.82) is 0 Å². The third-order valence-electron chi connectivity index (χ3n) is 5.70. The molecule has 2 fully saturated rings. The normalized spacial score (nSPS) is 21.6. The predicted molar refractivity (Wildman–Crippen MR) is 109 cm³/mol. The maximum atomic E-state index is 12.9. The van der Waals surface area contributed by atoms with E-state index in [-0.39, 0.29) is 16.7 Å². The monoisotopic (exact) mass is 423 g/mol. The number of hydrogen-bond acceptors (Lipinski definition) is 5. The molecule has 160 valence electrons. The van der Waals surface area contributed by atoms with Crippen LogP contribution < -0.4 is 5.32 Å². The minimum Gasteiger partial charge on any atom is -0.453 e. The zero-order valence-corrected chi connectivity index (χ0v) is 17.8. The Bertz CT molecular complexity index is 832. The zero-order chi connectivity index (χ0) is 21.0. The Hall–Kier alpha value is -2.13. The van der Waals surface area contributed by atoms with Crippen molar-refractivity contribution in [2.75, 3.05) is 38.6 Å². The van der Waals surface area contributed by atoms with Gasteiger partial charge in [0.15, 0.2) is 0 Å². The number of nitrogens with one attached hydrogen (secondary N) is 1. The van der Waals surface area contributed by atoms with E-state index in [1.807, 2.05) is 4.90 Å². The molecule has 1 aromatic rings. The van der Waals surface area contributed by atoms with Crippen LogP contribution in [-0.4, -0.2) is 62.9 Å². The number of anilines is 1. The molecular weight excluding hydrogens is 394 g/mol. The summed E-state index contributed by atoms with van der Waals surface area (Å²) >= 11 is 0. The van der Waals surface area contributed by atoms with Crippen LogP contribution in [0.15, 0.2) is 29.2 Å². The van der Waals surface area contributed by atoms with Crippen molar-refractivity contribution in [3.8, 4) is 0 Å². The molecule has 0 radical (unpaired) electrons. The van der Waals surface area contributed by atoms with Crippen molar-refractivity contribution >= 4 is 27.7 Å². The van der Waals surface area contributed by atoms with Crippen LogP contribution in [0.5, 0.6) is 0 Å². The Morgan fingerprint density at radius 2 is 1.72 bits per heavy atom. The first-order chi connectivity index (χ1) is 13.8. The molecule has 2 heterocycles. The number of ether oxygens (including phenoxy) is 1. The molecule has 9 heteroatoms. The van der Waals surface area contributed by atoms with Gasteiger partial charge in [-0.3, -0.25) is 10.1 Å². The molecule has 2 aliphatic heterocycles. The second-order valence-corrected chi connectivity index (χ2v) is 9.79. The highest BCUT2D eigenvalue weighted by molar-refractivity contribution is 7.89. The van der Waals surface area contributed by atoms with Crippen molar-refractivity contribution in [3.63, 3.8) is 0 Å². The number of methoxy groups -OCH3 is 1. The van der Waals surface area contributed by atoms with Crippen LogP contribution in [0.3, 0.4) is 0 Å². The molecule has 1 N–H and O–H groups in total. The summed E-state index contributed by atoms with van der Waals surface area (Å²) in [5, 5.41) is 2.49. The number of piperidine rings is 2. The smallest absolute Gasteiger partial charge is 0.411 e. The topological polar surface area (TPSA) is 96.0 Å². The molecule has 3 rings (SSSR count). The van der Waals surface area contributed by atoms with Gasteiger partial charge in [0.05, 0.1) is 12.0 Å². The van der Waals surface area contributed by atoms with Crippen LogP contribution in [0.1, 0.15) is 32.6 Å². The fourth-order valence-electron chi connectivity index (χ4n) is 4.02. The number of hydrogen-bond donors (Lipinski definition) is 1. The lowest BCUT2D eigenvalue weighted by molar-refractivity contribution is -0.138. The first kappa shape index (κ1) is 21.6. The number of carbonyl (C=O) groups is 2. The average molecular weight is 424 g/mol. The number of amides is 2. The largest absolute Gasteiger partial charge is 0.453 e. The highest BCUT2D eigenvalue weighted by atomic mass is 32.2. The van der Waals surface area contributed by atoms with E-state index in [0.29, 0.717) is 37.5 Å². The molecule has 1 aromatic carbocycles. The van der Waals surface area contributed by atoms with E-state index in [1.165, 1.54) is 35.7 Å². The van der Waals surface area contributed by atoms with Gasteiger partial charge in [-0.15, -0.1) is 0 Å². The van der Waals surface area contributed by atoms with Gasteiger partial charge in [0.1, 0.15) is 0 Å². The summed E-state index contributed by atoms with van der Waals surface area (Å²) in [6.45, 7) is 4.46. The summed E-state index contributed by atoms with van der Waals surface area (Å²) in [4.78, 5) is 26.1. The number of nitrogens with zero attached hydrogens (tertiary/aromatic N) is 2. The summed E-state index contributed by atoms with van der Waals surface area (Å²) in [5.41, 5.74) is 0.455. The van der Waals surface area contributed by atoms with Crippen molar-refractivity contribution < 1.29 is 22.7 Å². The average Bonchev–Trinajstić information content (AvgIpc) is 2.73. The fourth-order valence-corrected chi connectivity index (χ4v) is 5.49. The molecule has 29 heavy (non-hydrogen) atoms. The van der Waals surface area contributed by atoms with Crippen molar-refractivity contribution in [2.45, 2.75) is 37.5 Å². The molecule has 0 saturated carbocycles. The number of rotatable bonds is 4. The Kier molecular flexibility index (Phi) is 6.79. The van der Waals surface area contributed by atoms with Crippen molar-refractivity contribution in [1.82, 2.24) is 9.21 Å². The van der Waals surface area contributed by atoms with Crippen LogP contribution in [0.2, 0.25) is 0 Å². The van der Waals surface area contributed by atoms with Crippen LogP contribution in [0, 0.1) is 11.8 Å². The van der Waals surface area contributed by atoms with Gasteiger partial charge < -0.3 is 9.64 Å². The first-order valence-corrected chi connectivity index (χ1v) is 11.5. The van der Waals surface area contributed by atoms with E-state index in [9.17, 15) is 18.0 Å². The number of carbonyl (C=O) groups excluding carboxylic acids is 2. The Labute approximate surface area is 172 Å². The highest BCUT2D eigenvalue weighted by Crippen LogP contribution is 2.27. The van der Waals surface area contributed by atoms with Gasteiger partial charge in [-0.05, 0) is 55.9 Å². The first-order valence-electron chi connectivity index (χ1n) is 10.0. The highest BCUT2D eigenvalue weighted by Gasteiger charge is 2.34. The Morgan fingerprint density at radius 3 is 2.31 bits per heavy atom. The van der Waals surface area contributed by atoms with Gasteiger partial charge in [-0.25, -0.2) is 13.2 Å². The molecule has 0 spiro atoms. The van der Waals surface area contributed by atoms with E-state index >= 15 is 0 Å². The molecule has 0 aliphatic carbocycles. The van der Waals surface area contributed by atoms with Crippen LogP contribution in [0.4, 0.5) is 10.5 Å². The maximum absolute atomic E-state index is 12.9. The Balaban J connectivity index is 1.59. The fraction of sp³-hybridized carbons (Fsp3) is 0.600. The van der Waals surface area contributed by atoms with Crippen molar-refractivity contribution in [3.05, 3.63) is 24.3 Å². The molecule has 2 saturated heterocycles. The summed E-state index contributed by atoms with van der Waals surface area (Å²) in [5.74, 6) is 0.607. The number of likely N-dealkylation sites (tertiary alicyclic amines) is 1. The zero-order valence-electron chi connectivity index (χ0n) is 17.0. The number of sulfonamides is 1. The van der Waals surface area contributed by atoms with Gasteiger partial charge in [0.2, 0.25) is 15.9 Å². The van der Waals surface area contributed by atoms with Gasteiger partial charge in [-0.1, -0.05) is 6.92 Å². The molecular formula is C20H29N3O5S. The molecule has 0 unspecified atom stereocenters. The summed E-state index contributed by atoms with van der Waals surface area (Å²) in [7, 11) is -2.37. The molecule has 0 aromatic heterocycles. The van der Waals surface area contributed by atoms with E-state index < -0.39 is 16.1 Å². The van der Waals surface area contributed by atoms with Gasteiger partial charge in [0.25, 0.3) is 0 Å². The lowest BCUT2D eigenvalue weighted by Crippen LogP contribution is -2.46. The number of benzene rings is 1. The van der Waals surface area contributed by atoms with Gasteiger partial charge >= 0.3 is 6.09 Å². The lowest BCUT2D eigenvalue weighted by atomic mass is 9.93. The summed E-state index contributed by atoms with van der Waals surface area (Å²) < 4.78 is 31.8. The van der Waals surface area contributed by atoms with E-state index in [4.69, 9.17) is 0 Å². The molecule has 2 aliphatic rings. The summed E-state index contributed by atoms with van der Waals surface area (Å²) in [6.07, 6.45) is 2.68. The standard InChI is InChI=1S/C20H29N3O5S/c1-15-4-3-11-22(14-15)19(24)16-9-12-23(13-10-16)29(26,27)18-7-5-17(6-8-18)21-20(25)28-2/h5-8,15-16H,3-4,9-14H2,1-2H3,(H,21,25)/t15-/m0/s1. The molecule has 1 atom stereocenters. The quantitative estimate of drug-likeness (QED) is 0.803. The van der Waals surface area contributed by atoms with Crippen LogP contribution >= 0.6 is 0 Å².